The Labute approximate surface area is 181 Å². The predicted molar refractivity (Wildman–Crippen MR) is 118 cm³/mol. The average molecular weight is 429 g/mol. The van der Waals surface area contributed by atoms with Crippen molar-refractivity contribution in [2.45, 2.75) is 19.4 Å². The largest absolute Gasteiger partial charge is 0.493 e. The van der Waals surface area contributed by atoms with E-state index in [1.165, 1.54) is 11.0 Å². The molecule has 1 unspecified atom stereocenters. The van der Waals surface area contributed by atoms with Gasteiger partial charge >= 0.3 is 0 Å². The van der Waals surface area contributed by atoms with Gasteiger partial charge < -0.3 is 19.3 Å². The fourth-order valence-electron chi connectivity index (χ4n) is 3.44. The number of halogens is 1. The molecule has 0 radical (unpaired) electrons. The van der Waals surface area contributed by atoms with Gasteiger partial charge in [0, 0.05) is 19.7 Å². The van der Waals surface area contributed by atoms with Gasteiger partial charge in [0.25, 0.3) is 0 Å². The van der Waals surface area contributed by atoms with Crippen LogP contribution in [0.5, 0.6) is 11.5 Å². The van der Waals surface area contributed by atoms with Crippen LogP contribution in [0.1, 0.15) is 18.9 Å². The van der Waals surface area contributed by atoms with Crippen molar-refractivity contribution < 1.29 is 19.1 Å². The Morgan fingerprint density at radius 2 is 2.03 bits per heavy atom. The molecule has 0 bridgehead atoms. The van der Waals surface area contributed by atoms with E-state index in [1.807, 2.05) is 31.2 Å². The SMILES string of the molecule is CCOc1ccc(C=CC(=O)N(C)C2CCN(c3ccccc3Cl)C2=O)cc1OC. The van der Waals surface area contributed by atoms with Crippen LogP contribution in [0.4, 0.5) is 5.69 Å². The van der Waals surface area contributed by atoms with Gasteiger partial charge in [0.1, 0.15) is 6.04 Å². The van der Waals surface area contributed by atoms with E-state index in [4.69, 9.17) is 21.1 Å². The van der Waals surface area contributed by atoms with Crippen molar-refractivity contribution in [3.8, 4) is 11.5 Å². The number of benzene rings is 2. The van der Waals surface area contributed by atoms with Crippen LogP contribution in [-0.2, 0) is 9.59 Å². The number of amides is 2. The third kappa shape index (κ3) is 4.60. The number of anilines is 1. The maximum atomic E-state index is 12.9. The molecule has 158 valence electrons. The number of likely N-dealkylation sites (N-methyl/N-ethyl adjacent to an activating group) is 1. The highest BCUT2D eigenvalue weighted by atomic mass is 35.5. The summed E-state index contributed by atoms with van der Waals surface area (Å²) < 4.78 is 10.8. The predicted octanol–water partition coefficient (Wildman–Crippen LogP) is 4.02. The average Bonchev–Trinajstić information content (AvgIpc) is 3.13. The summed E-state index contributed by atoms with van der Waals surface area (Å²) in [5.41, 5.74) is 1.47. The quantitative estimate of drug-likeness (QED) is 0.625. The second kappa shape index (κ2) is 9.67. The lowest BCUT2D eigenvalue weighted by Crippen LogP contribution is -2.42. The summed E-state index contributed by atoms with van der Waals surface area (Å²) in [4.78, 5) is 28.7. The first-order valence-electron chi connectivity index (χ1n) is 9.77. The van der Waals surface area contributed by atoms with Gasteiger partial charge in [-0.3, -0.25) is 9.59 Å². The normalized spacial score (nSPS) is 16.2. The molecule has 1 atom stereocenters. The summed E-state index contributed by atoms with van der Waals surface area (Å²) in [6, 6.07) is 12.1. The Kier molecular flexibility index (Phi) is 7.00. The van der Waals surface area contributed by atoms with E-state index in [9.17, 15) is 9.59 Å². The molecule has 30 heavy (non-hydrogen) atoms. The van der Waals surface area contributed by atoms with Gasteiger partial charge in [-0.2, -0.15) is 0 Å². The van der Waals surface area contributed by atoms with Crippen molar-refractivity contribution in [2.75, 3.05) is 32.2 Å². The lowest BCUT2D eigenvalue weighted by Gasteiger charge is -2.23. The smallest absolute Gasteiger partial charge is 0.249 e. The zero-order chi connectivity index (χ0) is 21.7. The van der Waals surface area contributed by atoms with Crippen LogP contribution < -0.4 is 14.4 Å². The maximum absolute atomic E-state index is 12.9. The number of hydrogen-bond acceptors (Lipinski definition) is 4. The second-order valence-corrected chi connectivity index (χ2v) is 7.28. The van der Waals surface area contributed by atoms with Crippen LogP contribution in [0, 0.1) is 0 Å². The van der Waals surface area contributed by atoms with Gasteiger partial charge in [0.05, 0.1) is 24.4 Å². The molecule has 1 saturated heterocycles. The molecular formula is C23H25ClN2O4. The first kappa shape index (κ1) is 21.7. The molecule has 1 aliphatic heterocycles. The Balaban J connectivity index is 1.69. The minimum absolute atomic E-state index is 0.130. The van der Waals surface area contributed by atoms with Gasteiger partial charge in [0.2, 0.25) is 11.8 Å². The molecule has 2 aromatic carbocycles. The number of carbonyl (C=O) groups is 2. The second-order valence-electron chi connectivity index (χ2n) is 6.87. The number of carbonyl (C=O) groups excluding carboxylic acids is 2. The van der Waals surface area contributed by atoms with E-state index in [2.05, 4.69) is 0 Å². The highest BCUT2D eigenvalue weighted by molar-refractivity contribution is 6.34. The molecular weight excluding hydrogens is 404 g/mol. The molecule has 0 aliphatic carbocycles. The lowest BCUT2D eigenvalue weighted by atomic mass is 10.1. The molecule has 2 aromatic rings. The van der Waals surface area contributed by atoms with E-state index in [0.717, 1.165) is 5.56 Å². The lowest BCUT2D eigenvalue weighted by molar-refractivity contribution is -0.132. The number of hydrogen-bond donors (Lipinski definition) is 0. The summed E-state index contributed by atoms with van der Waals surface area (Å²) >= 11 is 6.23. The van der Waals surface area contributed by atoms with E-state index in [1.54, 1.807) is 43.3 Å². The summed E-state index contributed by atoms with van der Waals surface area (Å²) in [5.74, 6) is 0.871. The van der Waals surface area contributed by atoms with Crippen LogP contribution in [-0.4, -0.2) is 50.1 Å². The van der Waals surface area contributed by atoms with E-state index in [-0.39, 0.29) is 11.8 Å². The van der Waals surface area contributed by atoms with E-state index >= 15 is 0 Å². The van der Waals surface area contributed by atoms with Crippen LogP contribution >= 0.6 is 11.6 Å². The third-order valence-electron chi connectivity index (χ3n) is 5.04. The van der Waals surface area contributed by atoms with Crippen LogP contribution in [0.25, 0.3) is 6.08 Å². The monoisotopic (exact) mass is 428 g/mol. The fraction of sp³-hybridized carbons (Fsp3) is 0.304. The van der Waals surface area contributed by atoms with Crippen molar-refractivity contribution in [3.63, 3.8) is 0 Å². The van der Waals surface area contributed by atoms with Crippen molar-refractivity contribution in [2.24, 2.45) is 0 Å². The molecule has 3 rings (SSSR count). The minimum atomic E-state index is -0.520. The molecule has 1 heterocycles. The molecule has 2 amide bonds. The molecule has 0 spiro atoms. The first-order chi connectivity index (χ1) is 14.5. The van der Waals surface area contributed by atoms with Gasteiger partial charge in [-0.15, -0.1) is 0 Å². The number of rotatable bonds is 7. The van der Waals surface area contributed by atoms with Gasteiger partial charge in [-0.1, -0.05) is 29.8 Å². The topological polar surface area (TPSA) is 59.1 Å². The fourth-order valence-corrected chi connectivity index (χ4v) is 3.67. The van der Waals surface area contributed by atoms with Crippen LogP contribution in [0.15, 0.2) is 48.5 Å². The van der Waals surface area contributed by atoms with Crippen molar-refractivity contribution >= 4 is 35.2 Å². The Hall–Kier alpha value is -2.99. The van der Waals surface area contributed by atoms with Crippen LogP contribution in [0.3, 0.4) is 0 Å². The highest BCUT2D eigenvalue weighted by Crippen LogP contribution is 2.31. The van der Waals surface area contributed by atoms with E-state index in [0.29, 0.717) is 41.8 Å². The van der Waals surface area contributed by atoms with Gasteiger partial charge in [-0.05, 0) is 49.2 Å². The standard InChI is InChI=1S/C23H25ClN2O4/c1-4-30-20-11-9-16(15-21(20)29-3)10-12-22(27)25(2)19-13-14-26(23(19)28)18-8-6-5-7-17(18)24/h5-12,15,19H,4,13-14H2,1-3H3. The Bertz CT molecular complexity index is 960. The molecule has 1 fully saturated rings. The van der Waals surface area contributed by atoms with Gasteiger partial charge in [-0.25, -0.2) is 0 Å². The van der Waals surface area contributed by atoms with Crippen molar-refractivity contribution in [1.82, 2.24) is 4.90 Å². The molecule has 0 aromatic heterocycles. The summed E-state index contributed by atoms with van der Waals surface area (Å²) in [7, 11) is 3.21. The summed E-state index contributed by atoms with van der Waals surface area (Å²) in [6.07, 6.45) is 3.71. The number of para-hydroxylation sites is 1. The molecule has 0 saturated carbocycles. The Morgan fingerprint density at radius 3 is 2.73 bits per heavy atom. The molecule has 7 heteroatoms. The minimum Gasteiger partial charge on any atom is -0.493 e. The van der Waals surface area contributed by atoms with Gasteiger partial charge in [0.15, 0.2) is 11.5 Å². The van der Waals surface area contributed by atoms with E-state index < -0.39 is 6.04 Å². The highest BCUT2D eigenvalue weighted by Gasteiger charge is 2.37. The maximum Gasteiger partial charge on any atom is 0.249 e. The molecule has 1 aliphatic rings. The zero-order valence-electron chi connectivity index (χ0n) is 17.3. The number of nitrogens with zero attached hydrogens (tertiary/aromatic N) is 2. The number of ether oxygens (including phenoxy) is 2. The molecule has 0 N–H and O–H groups in total. The van der Waals surface area contributed by atoms with Crippen molar-refractivity contribution in [1.29, 1.82) is 0 Å². The first-order valence-corrected chi connectivity index (χ1v) is 10.2. The number of methoxy groups -OCH3 is 1. The van der Waals surface area contributed by atoms with Crippen LogP contribution in [0.2, 0.25) is 5.02 Å². The zero-order valence-corrected chi connectivity index (χ0v) is 18.1. The van der Waals surface area contributed by atoms with Crippen molar-refractivity contribution in [3.05, 3.63) is 59.1 Å². The summed E-state index contributed by atoms with van der Waals surface area (Å²) in [6.45, 7) is 2.96. The molecule has 6 nitrogen and oxygen atoms in total. The summed E-state index contributed by atoms with van der Waals surface area (Å²) in [5, 5.41) is 0.518. The third-order valence-corrected chi connectivity index (χ3v) is 5.36. The Morgan fingerprint density at radius 1 is 1.27 bits per heavy atom.